The molecule has 0 unspecified atom stereocenters. The van der Waals surface area contributed by atoms with E-state index in [-0.39, 0.29) is 23.1 Å². The average Bonchev–Trinajstić information content (AvgIpc) is 2.73. The van der Waals surface area contributed by atoms with Gasteiger partial charge >= 0.3 is 0 Å². The fourth-order valence-electron chi connectivity index (χ4n) is 3.51. The SMILES string of the molecule is O=C(N[C@@H](c1cccnc1)C1CCOCC1)c1cc(=O)c2ccccc2o1. The van der Waals surface area contributed by atoms with Crippen LogP contribution >= 0.6 is 0 Å². The van der Waals surface area contributed by atoms with Gasteiger partial charge in [-0.05, 0) is 42.5 Å². The van der Waals surface area contributed by atoms with Crippen molar-refractivity contribution in [2.45, 2.75) is 18.9 Å². The van der Waals surface area contributed by atoms with Crippen LogP contribution in [0, 0.1) is 5.92 Å². The summed E-state index contributed by atoms with van der Waals surface area (Å²) in [6.45, 7) is 1.34. The minimum atomic E-state index is -0.404. The predicted molar refractivity (Wildman–Crippen MR) is 100 cm³/mol. The largest absolute Gasteiger partial charge is 0.451 e. The first-order valence-corrected chi connectivity index (χ1v) is 9.04. The number of pyridine rings is 1. The maximum Gasteiger partial charge on any atom is 0.287 e. The Morgan fingerprint density at radius 2 is 1.96 bits per heavy atom. The van der Waals surface area contributed by atoms with E-state index in [2.05, 4.69) is 10.3 Å². The summed E-state index contributed by atoms with van der Waals surface area (Å²) < 4.78 is 11.1. The van der Waals surface area contributed by atoms with E-state index in [0.29, 0.717) is 24.2 Å². The Morgan fingerprint density at radius 1 is 1.15 bits per heavy atom. The summed E-state index contributed by atoms with van der Waals surface area (Å²) in [5.41, 5.74) is 1.10. The van der Waals surface area contributed by atoms with E-state index in [4.69, 9.17) is 9.15 Å². The summed E-state index contributed by atoms with van der Waals surface area (Å²) in [4.78, 5) is 29.3. The van der Waals surface area contributed by atoms with E-state index in [1.54, 1.807) is 36.7 Å². The van der Waals surface area contributed by atoms with Gasteiger partial charge in [0.25, 0.3) is 5.91 Å². The highest BCUT2D eigenvalue weighted by molar-refractivity contribution is 5.93. The zero-order valence-electron chi connectivity index (χ0n) is 14.8. The fourth-order valence-corrected chi connectivity index (χ4v) is 3.51. The van der Waals surface area contributed by atoms with Crippen LogP contribution in [0.1, 0.15) is 35.0 Å². The average molecular weight is 364 g/mol. The highest BCUT2D eigenvalue weighted by atomic mass is 16.5. The molecule has 1 N–H and O–H groups in total. The minimum Gasteiger partial charge on any atom is -0.451 e. The van der Waals surface area contributed by atoms with Crippen LogP contribution in [0.2, 0.25) is 0 Å². The predicted octanol–water partition coefficient (Wildman–Crippen LogP) is 3.09. The lowest BCUT2D eigenvalue weighted by molar-refractivity contribution is 0.0509. The topological polar surface area (TPSA) is 81.4 Å². The maximum absolute atomic E-state index is 12.9. The summed E-state index contributed by atoms with van der Waals surface area (Å²) in [7, 11) is 0. The van der Waals surface area contributed by atoms with Gasteiger partial charge in [-0.25, -0.2) is 0 Å². The van der Waals surface area contributed by atoms with E-state index >= 15 is 0 Å². The number of carbonyl (C=O) groups is 1. The van der Waals surface area contributed by atoms with Crippen LogP contribution in [-0.2, 0) is 4.74 Å². The molecule has 3 aromatic rings. The number of ether oxygens (including phenoxy) is 1. The molecule has 6 heteroatoms. The number of hydrogen-bond acceptors (Lipinski definition) is 5. The second-order valence-electron chi connectivity index (χ2n) is 6.66. The molecule has 1 fully saturated rings. The second-order valence-corrected chi connectivity index (χ2v) is 6.66. The fraction of sp³-hybridized carbons (Fsp3) is 0.286. The van der Waals surface area contributed by atoms with Gasteiger partial charge in [-0.1, -0.05) is 18.2 Å². The van der Waals surface area contributed by atoms with Gasteiger partial charge in [-0.2, -0.15) is 0 Å². The number of hydrogen-bond donors (Lipinski definition) is 1. The Hall–Kier alpha value is -2.99. The van der Waals surface area contributed by atoms with Crippen LogP contribution in [0.15, 0.2) is 64.1 Å². The molecule has 0 bridgehead atoms. The smallest absolute Gasteiger partial charge is 0.287 e. The van der Waals surface area contributed by atoms with Gasteiger partial charge in [-0.15, -0.1) is 0 Å². The van der Waals surface area contributed by atoms with Crippen molar-refractivity contribution in [2.24, 2.45) is 5.92 Å². The molecule has 6 nitrogen and oxygen atoms in total. The molecular formula is C21H20N2O4. The van der Waals surface area contributed by atoms with Gasteiger partial charge in [0.2, 0.25) is 0 Å². The molecule has 27 heavy (non-hydrogen) atoms. The highest BCUT2D eigenvalue weighted by Gasteiger charge is 2.28. The molecule has 1 atom stereocenters. The van der Waals surface area contributed by atoms with E-state index in [0.717, 1.165) is 18.4 Å². The lowest BCUT2D eigenvalue weighted by Crippen LogP contribution is -2.36. The van der Waals surface area contributed by atoms with E-state index < -0.39 is 5.91 Å². The van der Waals surface area contributed by atoms with Crippen LogP contribution in [0.25, 0.3) is 11.0 Å². The standard InChI is InChI=1S/C21H20N2O4/c24-17-12-19(27-18-6-2-1-5-16(17)18)21(25)23-20(14-7-10-26-11-8-14)15-4-3-9-22-13-15/h1-6,9,12-14,20H,7-8,10-11H2,(H,23,25)/t20-/m1/s1. The molecule has 2 aromatic heterocycles. The van der Waals surface area contributed by atoms with E-state index in [9.17, 15) is 9.59 Å². The zero-order valence-corrected chi connectivity index (χ0v) is 14.8. The molecule has 1 aliphatic heterocycles. The van der Waals surface area contributed by atoms with Crippen molar-refractivity contribution >= 4 is 16.9 Å². The van der Waals surface area contributed by atoms with E-state index in [1.807, 2.05) is 12.1 Å². The normalized spacial score (nSPS) is 16.1. The summed E-state index contributed by atoms with van der Waals surface area (Å²) >= 11 is 0. The first-order valence-electron chi connectivity index (χ1n) is 9.04. The number of nitrogens with zero attached hydrogens (tertiary/aromatic N) is 1. The molecule has 1 amide bonds. The Bertz CT molecular complexity index is 994. The van der Waals surface area contributed by atoms with Crippen LogP contribution in [0.4, 0.5) is 0 Å². The molecule has 1 aliphatic rings. The van der Waals surface area contributed by atoms with Crippen molar-refractivity contribution in [2.75, 3.05) is 13.2 Å². The lowest BCUT2D eigenvalue weighted by atomic mass is 9.87. The van der Waals surface area contributed by atoms with Gasteiger partial charge in [0, 0.05) is 31.7 Å². The monoisotopic (exact) mass is 364 g/mol. The van der Waals surface area contributed by atoms with Crippen LogP contribution in [0.5, 0.6) is 0 Å². The number of amides is 1. The highest BCUT2D eigenvalue weighted by Crippen LogP contribution is 2.30. The molecular weight excluding hydrogens is 344 g/mol. The Balaban J connectivity index is 1.64. The summed E-state index contributed by atoms with van der Waals surface area (Å²) in [5, 5.41) is 3.50. The van der Waals surface area contributed by atoms with Crippen LogP contribution in [-0.4, -0.2) is 24.1 Å². The third-order valence-corrected chi connectivity index (χ3v) is 4.93. The van der Waals surface area contributed by atoms with Crippen LogP contribution in [0.3, 0.4) is 0 Å². The Kier molecular flexibility index (Phi) is 4.98. The van der Waals surface area contributed by atoms with Gasteiger partial charge in [0.1, 0.15) is 5.58 Å². The minimum absolute atomic E-state index is 0.0136. The van der Waals surface area contributed by atoms with Crippen molar-refractivity contribution in [3.05, 3.63) is 76.4 Å². The number of aromatic nitrogens is 1. The van der Waals surface area contributed by atoms with E-state index in [1.165, 1.54) is 6.07 Å². The van der Waals surface area contributed by atoms with Crippen molar-refractivity contribution in [1.29, 1.82) is 0 Å². The van der Waals surface area contributed by atoms with Crippen molar-refractivity contribution in [3.8, 4) is 0 Å². The molecule has 0 spiro atoms. The van der Waals surface area contributed by atoms with Gasteiger partial charge < -0.3 is 14.5 Å². The van der Waals surface area contributed by atoms with Gasteiger partial charge in [-0.3, -0.25) is 14.6 Å². The van der Waals surface area contributed by atoms with Gasteiger partial charge in [0.15, 0.2) is 11.2 Å². The van der Waals surface area contributed by atoms with Crippen molar-refractivity contribution in [3.63, 3.8) is 0 Å². The molecule has 3 heterocycles. The third-order valence-electron chi connectivity index (χ3n) is 4.93. The molecule has 0 aliphatic carbocycles. The number of fused-ring (bicyclic) bond motifs is 1. The number of nitrogens with one attached hydrogen (secondary N) is 1. The Morgan fingerprint density at radius 3 is 2.74 bits per heavy atom. The van der Waals surface area contributed by atoms with Gasteiger partial charge in [0.05, 0.1) is 11.4 Å². The number of benzene rings is 1. The molecule has 0 radical (unpaired) electrons. The molecule has 138 valence electrons. The van der Waals surface area contributed by atoms with Crippen molar-refractivity contribution in [1.82, 2.24) is 10.3 Å². The molecule has 1 saturated heterocycles. The zero-order chi connectivity index (χ0) is 18.6. The summed E-state index contributed by atoms with van der Waals surface area (Å²) in [5.74, 6) is -0.156. The third kappa shape index (κ3) is 3.75. The summed E-state index contributed by atoms with van der Waals surface area (Å²) in [6.07, 6.45) is 5.16. The Labute approximate surface area is 156 Å². The number of para-hydroxylation sites is 1. The molecule has 4 rings (SSSR count). The first kappa shape index (κ1) is 17.4. The first-order chi connectivity index (χ1) is 13.2. The molecule has 0 saturated carbocycles. The lowest BCUT2D eigenvalue weighted by Gasteiger charge is -2.31. The number of rotatable bonds is 4. The second kappa shape index (κ2) is 7.72. The quantitative estimate of drug-likeness (QED) is 0.769. The van der Waals surface area contributed by atoms with Crippen LogP contribution < -0.4 is 10.7 Å². The maximum atomic E-state index is 12.9. The summed E-state index contributed by atoms with van der Waals surface area (Å²) in [6, 6.07) is 11.7. The molecule has 1 aromatic carbocycles. The number of carbonyl (C=O) groups excluding carboxylic acids is 1. The van der Waals surface area contributed by atoms with Crippen molar-refractivity contribution < 1.29 is 13.9 Å².